The number of ether oxygens (including phenoxy) is 2. The number of carbonyl (C=O) groups is 3. The van der Waals surface area contributed by atoms with E-state index in [1.165, 1.54) is 13.1 Å². The molecule has 2 aromatic rings. The smallest absolute Gasteiger partial charge is 0.490 e. The molecule has 0 saturated heterocycles. The zero-order valence-electron chi connectivity index (χ0n) is 20.5. The lowest BCUT2D eigenvalue weighted by Crippen LogP contribution is -2.38. The number of carbonyl (C=O) groups excluding carboxylic acids is 3. The number of hydrazone groups is 1. The van der Waals surface area contributed by atoms with Gasteiger partial charge < -0.3 is 20.6 Å². The maximum atomic E-state index is 12.5. The van der Waals surface area contributed by atoms with Crippen LogP contribution in [0, 0.1) is 5.92 Å². The first-order valence-corrected chi connectivity index (χ1v) is 11.0. The highest BCUT2D eigenvalue weighted by atomic mass is 19.4. The molecule has 0 aliphatic rings. The van der Waals surface area contributed by atoms with E-state index in [-0.39, 0.29) is 18.3 Å². The summed E-state index contributed by atoms with van der Waals surface area (Å²) in [6.07, 6.45) is -3.36. The maximum Gasteiger partial charge on any atom is 0.490 e. The second-order valence-corrected chi connectivity index (χ2v) is 7.91. The number of rotatable bonds is 9. The number of Topliss-reactive ketones (excluding diaryl/α,β-unsaturated/α-hetero) is 1. The van der Waals surface area contributed by atoms with Crippen LogP contribution in [-0.4, -0.2) is 49.3 Å². The summed E-state index contributed by atoms with van der Waals surface area (Å²) in [5.74, 6) is 3.63. The molecule has 0 saturated carbocycles. The van der Waals surface area contributed by atoms with E-state index >= 15 is 0 Å². The highest BCUT2D eigenvalue weighted by Gasteiger charge is 2.40. The van der Waals surface area contributed by atoms with Crippen molar-refractivity contribution in [3.63, 3.8) is 0 Å². The van der Waals surface area contributed by atoms with Crippen LogP contribution in [0.1, 0.15) is 54.0 Å². The Morgan fingerprint density at radius 2 is 1.56 bits per heavy atom. The predicted octanol–water partition coefficient (Wildman–Crippen LogP) is 4.13. The second-order valence-electron chi connectivity index (χ2n) is 7.91. The third-order valence-corrected chi connectivity index (χ3v) is 4.37. The van der Waals surface area contributed by atoms with Crippen LogP contribution in [0.4, 0.5) is 13.2 Å². The summed E-state index contributed by atoms with van der Waals surface area (Å²) in [6, 6.07) is 13.1. The fourth-order valence-electron chi connectivity index (χ4n) is 2.59. The highest BCUT2D eigenvalue weighted by molar-refractivity contribution is 6.04. The van der Waals surface area contributed by atoms with Crippen LogP contribution >= 0.6 is 0 Å². The summed E-state index contributed by atoms with van der Waals surface area (Å²) >= 11 is 0. The average Bonchev–Trinajstić information content (AvgIpc) is 2.83. The van der Waals surface area contributed by atoms with Gasteiger partial charge in [-0.15, -0.1) is 0 Å². The molecule has 1 amide bonds. The topological polar surface area (TPSA) is 120 Å². The number of alkyl halides is 3. The number of nitrogens with two attached hydrogens (primary N) is 1. The van der Waals surface area contributed by atoms with Crippen LogP contribution in [0.3, 0.4) is 0 Å². The number of benzene rings is 2. The van der Waals surface area contributed by atoms with Crippen LogP contribution in [0.15, 0.2) is 53.6 Å². The summed E-state index contributed by atoms with van der Waals surface area (Å²) in [5, 5.41) is 6.16. The molecule has 0 aliphatic heterocycles. The third kappa shape index (κ3) is 10.6. The molecule has 11 heteroatoms. The number of nitrogens with one attached hydrogen (secondary N) is 1. The number of nitrogens with zero attached hydrogens (tertiary/aromatic N) is 1. The quantitative estimate of drug-likeness (QED) is 0.172. The summed E-state index contributed by atoms with van der Waals surface area (Å²) in [5.41, 5.74) is 1.77. The van der Waals surface area contributed by atoms with Gasteiger partial charge in [-0.3, -0.25) is 9.59 Å². The molecule has 0 unspecified atom stereocenters. The van der Waals surface area contributed by atoms with Crippen molar-refractivity contribution in [3.8, 4) is 5.75 Å². The van der Waals surface area contributed by atoms with Crippen molar-refractivity contribution >= 4 is 23.9 Å². The van der Waals surface area contributed by atoms with E-state index < -0.39 is 18.2 Å². The molecule has 0 aromatic heterocycles. The fourth-order valence-corrected chi connectivity index (χ4v) is 2.59. The molecular formula is C25H30F3N3O5. The fraction of sp³-hybridized carbons (Fsp3) is 0.360. The summed E-state index contributed by atoms with van der Waals surface area (Å²) < 4.78 is 42.7. The Balaban J connectivity index is 0.000000613. The number of esters is 1. The van der Waals surface area contributed by atoms with E-state index in [0.717, 1.165) is 11.3 Å². The molecule has 36 heavy (non-hydrogen) atoms. The monoisotopic (exact) mass is 509 g/mol. The van der Waals surface area contributed by atoms with Gasteiger partial charge in [-0.25, -0.2) is 4.79 Å². The van der Waals surface area contributed by atoms with Gasteiger partial charge in [-0.1, -0.05) is 26.0 Å². The van der Waals surface area contributed by atoms with Gasteiger partial charge in [0.25, 0.3) is 5.91 Å². The largest absolute Gasteiger partial charge is 0.493 e. The molecule has 3 N–H and O–H groups in total. The Morgan fingerprint density at radius 1 is 1.00 bits per heavy atom. The number of hydrogen-bond donors (Lipinski definition) is 2. The molecule has 0 heterocycles. The molecule has 8 nitrogen and oxygen atoms in total. The van der Waals surface area contributed by atoms with Gasteiger partial charge in [0, 0.05) is 11.1 Å². The van der Waals surface area contributed by atoms with Crippen molar-refractivity contribution in [2.45, 2.75) is 39.9 Å². The van der Waals surface area contributed by atoms with Crippen molar-refractivity contribution in [2.24, 2.45) is 16.9 Å². The van der Waals surface area contributed by atoms with Gasteiger partial charge in [-0.2, -0.15) is 18.3 Å². The Morgan fingerprint density at radius 3 is 2.00 bits per heavy atom. The standard InChI is InChI=1S/C21H25N3O3.C4H5F3O2/c1-14(2)13-27-19-10-8-17(9-11-19)20(25)15(3)24-21(26)18-6-4-16(5-7-18)12-23-22;1-2-9-3(8)4(5,6)7/h4-12,14-15H,13,22H2,1-3H3,(H,24,26);2H2,1H3/t15-;/m0./s1. The van der Waals surface area contributed by atoms with E-state index in [1.54, 1.807) is 55.5 Å². The van der Waals surface area contributed by atoms with E-state index in [4.69, 9.17) is 10.6 Å². The maximum absolute atomic E-state index is 12.5. The molecule has 0 radical (unpaired) electrons. The van der Waals surface area contributed by atoms with Gasteiger partial charge in [0.05, 0.1) is 25.5 Å². The van der Waals surface area contributed by atoms with Crippen molar-refractivity contribution < 1.29 is 37.0 Å². The molecule has 0 fully saturated rings. The van der Waals surface area contributed by atoms with Gasteiger partial charge in [0.1, 0.15) is 5.75 Å². The van der Waals surface area contributed by atoms with Gasteiger partial charge >= 0.3 is 12.1 Å². The van der Waals surface area contributed by atoms with Crippen molar-refractivity contribution in [3.05, 3.63) is 65.2 Å². The second kappa shape index (κ2) is 14.5. The molecule has 196 valence electrons. The zero-order chi connectivity index (χ0) is 27.3. The number of ketones is 1. The first-order chi connectivity index (χ1) is 16.9. The van der Waals surface area contributed by atoms with E-state index in [2.05, 4.69) is 29.0 Å². The van der Waals surface area contributed by atoms with E-state index in [1.807, 2.05) is 0 Å². The summed E-state index contributed by atoms with van der Waals surface area (Å²) in [4.78, 5) is 34.6. The Labute approximate surface area is 207 Å². The van der Waals surface area contributed by atoms with E-state index in [9.17, 15) is 27.6 Å². The molecule has 2 rings (SSSR count). The van der Waals surface area contributed by atoms with Crippen LogP contribution in [0.5, 0.6) is 5.75 Å². The van der Waals surface area contributed by atoms with Gasteiger partial charge in [0.15, 0.2) is 5.78 Å². The van der Waals surface area contributed by atoms with Crippen molar-refractivity contribution in [1.82, 2.24) is 5.32 Å². The number of hydrogen-bond acceptors (Lipinski definition) is 7. The molecule has 0 aliphatic carbocycles. The molecular weight excluding hydrogens is 479 g/mol. The first kappa shape index (κ1) is 30.1. The Kier molecular flexibility index (Phi) is 12.1. The van der Waals surface area contributed by atoms with Crippen LogP contribution in [0.2, 0.25) is 0 Å². The minimum absolute atomic E-state index is 0.161. The lowest BCUT2D eigenvalue weighted by molar-refractivity contribution is -0.199. The number of halogens is 3. The number of amides is 1. The van der Waals surface area contributed by atoms with Crippen molar-refractivity contribution in [2.75, 3.05) is 13.2 Å². The zero-order valence-corrected chi connectivity index (χ0v) is 20.5. The minimum Gasteiger partial charge on any atom is -0.493 e. The molecule has 2 aromatic carbocycles. The van der Waals surface area contributed by atoms with Gasteiger partial charge in [-0.05, 0) is 61.7 Å². The van der Waals surface area contributed by atoms with Crippen molar-refractivity contribution in [1.29, 1.82) is 0 Å². The summed E-state index contributed by atoms with van der Waals surface area (Å²) in [7, 11) is 0. The Bertz CT molecular complexity index is 1020. The van der Waals surface area contributed by atoms with Crippen LogP contribution < -0.4 is 15.9 Å². The highest BCUT2D eigenvalue weighted by Crippen LogP contribution is 2.16. The predicted molar refractivity (Wildman–Crippen MR) is 129 cm³/mol. The lowest BCUT2D eigenvalue weighted by Gasteiger charge is -2.14. The van der Waals surface area contributed by atoms with Crippen LogP contribution in [-0.2, 0) is 9.53 Å². The average molecular weight is 510 g/mol. The first-order valence-electron chi connectivity index (χ1n) is 11.0. The van der Waals surface area contributed by atoms with Crippen LogP contribution in [0.25, 0.3) is 0 Å². The molecule has 0 bridgehead atoms. The minimum atomic E-state index is -4.85. The Hall–Kier alpha value is -3.89. The SMILES string of the molecule is CC(C)COc1ccc(C(=O)[C@H](C)NC(=O)c2ccc(C=NN)cc2)cc1.CCOC(=O)C(F)(F)F. The normalized spacial score (nSPS) is 11.9. The van der Waals surface area contributed by atoms with E-state index in [0.29, 0.717) is 23.7 Å². The lowest BCUT2D eigenvalue weighted by atomic mass is 10.0. The molecule has 0 spiro atoms. The van der Waals surface area contributed by atoms with Gasteiger partial charge in [0.2, 0.25) is 0 Å². The summed E-state index contributed by atoms with van der Waals surface area (Å²) in [6.45, 7) is 7.49. The third-order valence-electron chi connectivity index (χ3n) is 4.37. The molecule has 1 atom stereocenters.